The van der Waals surface area contributed by atoms with Gasteiger partial charge in [0.25, 0.3) is 0 Å². The predicted octanol–water partition coefficient (Wildman–Crippen LogP) is 5.70. The average Bonchev–Trinajstić information content (AvgIpc) is 3.19. The van der Waals surface area contributed by atoms with Crippen LogP contribution in [0.3, 0.4) is 0 Å². The van der Waals surface area contributed by atoms with E-state index < -0.39 is 74.2 Å². The molecule has 10 atom stereocenters. The van der Waals surface area contributed by atoms with Crippen LogP contribution in [0, 0.1) is 28.6 Å². The number of thioether (sulfide) groups is 1. The number of aliphatic hydroxyl groups excluding tert-OH is 1. The van der Waals surface area contributed by atoms with Crippen molar-refractivity contribution in [2.45, 2.75) is 95.0 Å². The fraction of sp³-hybridized carbons (Fsp3) is 0.588. The van der Waals surface area contributed by atoms with Gasteiger partial charge in [0.1, 0.15) is 6.17 Å². The quantitative estimate of drug-likeness (QED) is 0.436. The van der Waals surface area contributed by atoms with Gasteiger partial charge in [-0.15, -0.1) is 0 Å². The molecule has 6 unspecified atom stereocenters. The molecule has 6 rings (SSSR count). The largest absolute Gasteiger partial charge is 0.449 e. The van der Waals surface area contributed by atoms with Crippen LogP contribution in [0.15, 0.2) is 48.1 Å². The number of Topliss-reactive ketones (excluding diaryl/α,β-unsaturated/α-hetero) is 1. The summed E-state index contributed by atoms with van der Waals surface area (Å²) in [5, 5.41) is 10.6. The Bertz CT molecular complexity index is 1470. The van der Waals surface area contributed by atoms with Crippen LogP contribution in [0.25, 0.3) is 0 Å². The average molecular weight is 613 g/mol. The number of alkyl halides is 2. The van der Waals surface area contributed by atoms with Gasteiger partial charge < -0.3 is 9.84 Å². The van der Waals surface area contributed by atoms with Gasteiger partial charge in [0, 0.05) is 34.7 Å². The van der Waals surface area contributed by atoms with Crippen molar-refractivity contribution in [3.05, 3.63) is 59.2 Å². The number of rotatable bonds is 4. The zero-order chi connectivity index (χ0) is 31.1. The number of ether oxygens (including phenoxy) is 1. The van der Waals surface area contributed by atoms with E-state index in [0.29, 0.717) is 18.4 Å². The monoisotopic (exact) mass is 612 g/mol. The van der Waals surface area contributed by atoms with E-state index in [9.17, 15) is 24.3 Å². The number of aryl methyl sites for hydroxylation is 1. The number of halogens is 2. The van der Waals surface area contributed by atoms with Gasteiger partial charge in [-0.05, 0) is 68.2 Å². The van der Waals surface area contributed by atoms with Crippen molar-refractivity contribution in [3.63, 3.8) is 0 Å². The molecule has 43 heavy (non-hydrogen) atoms. The molecule has 0 radical (unpaired) electrons. The zero-order valence-corrected chi connectivity index (χ0v) is 25.7. The van der Waals surface area contributed by atoms with E-state index in [2.05, 4.69) is 0 Å². The van der Waals surface area contributed by atoms with Crippen molar-refractivity contribution in [1.29, 1.82) is 0 Å². The number of carbonyl (C=O) groups is 4. The molecule has 1 N–H and O–H groups in total. The molecule has 1 aromatic rings. The van der Waals surface area contributed by atoms with Crippen molar-refractivity contribution < 1.29 is 37.8 Å². The van der Waals surface area contributed by atoms with Gasteiger partial charge in [0.2, 0.25) is 5.12 Å². The minimum Gasteiger partial charge on any atom is -0.449 e. The Labute approximate surface area is 254 Å². The molecule has 0 saturated heterocycles. The van der Waals surface area contributed by atoms with Crippen LogP contribution < -0.4 is 0 Å². The van der Waals surface area contributed by atoms with E-state index in [-0.39, 0.29) is 37.0 Å². The molecule has 230 valence electrons. The smallest absolute Gasteiger partial charge is 0.306 e. The predicted molar refractivity (Wildman–Crippen MR) is 158 cm³/mol. The van der Waals surface area contributed by atoms with Crippen molar-refractivity contribution in [2.75, 3.05) is 0 Å². The van der Waals surface area contributed by atoms with Gasteiger partial charge in [0.15, 0.2) is 22.8 Å². The first-order valence-electron chi connectivity index (χ1n) is 15.3. The lowest BCUT2D eigenvalue weighted by Gasteiger charge is -2.63. The summed E-state index contributed by atoms with van der Waals surface area (Å²) in [7, 11) is 0. The van der Waals surface area contributed by atoms with Crippen molar-refractivity contribution >= 4 is 34.4 Å². The molecule has 6 nitrogen and oxygen atoms in total. The maximum Gasteiger partial charge on any atom is 0.306 e. The summed E-state index contributed by atoms with van der Waals surface area (Å²) in [5.74, 6) is -3.39. The normalized spacial score (nSPS) is 43.2. The second-order valence-electron chi connectivity index (χ2n) is 13.5. The standard InChI is InChI=1S/C34H38F2O6S/c1-5-28(39)42-34(30(41)43-26-11-10-19-8-6-7-9-21(19)29(26)40)18(2)14-22-23-16-25(35)24-15-20(37)12-13-31(24,3)33(23,36)27(38)17-32(22,34)4/h6-9,12-13,15,18,22-23,25-27,38H,5,10-11,14,16-17H2,1-4H3/t18-,22?,23?,25+,26?,27?,31?,32?,33+,34+/m1/s1. The van der Waals surface area contributed by atoms with Crippen LogP contribution in [-0.4, -0.2) is 56.6 Å². The fourth-order valence-corrected chi connectivity index (χ4v) is 10.7. The summed E-state index contributed by atoms with van der Waals surface area (Å²) in [6.07, 6.45) is 1.37. The maximum absolute atomic E-state index is 17.7. The highest BCUT2D eigenvalue weighted by Crippen LogP contribution is 2.72. The van der Waals surface area contributed by atoms with E-state index >= 15 is 8.78 Å². The highest BCUT2D eigenvalue weighted by molar-refractivity contribution is 8.15. The van der Waals surface area contributed by atoms with E-state index in [1.807, 2.05) is 12.1 Å². The SMILES string of the molecule is CCC(=O)O[C@]1(C(=O)SC2CCc3ccccc3C2=O)[C@H](C)CC2C3C[C@H](F)C4=CC(=O)C=CC4(C)[C@@]3(F)C(O)CC21C. The number of hydrogen-bond donors (Lipinski definition) is 1. The van der Waals surface area contributed by atoms with Crippen molar-refractivity contribution in [1.82, 2.24) is 0 Å². The number of allylic oxidation sites excluding steroid dienone is 4. The van der Waals surface area contributed by atoms with Crippen LogP contribution in [-0.2, 0) is 25.5 Å². The molecule has 0 heterocycles. The molecule has 0 amide bonds. The van der Waals surface area contributed by atoms with Crippen LogP contribution in [0.2, 0.25) is 0 Å². The van der Waals surface area contributed by atoms with E-state index in [0.717, 1.165) is 23.4 Å². The minimum absolute atomic E-state index is 0.000465. The lowest BCUT2D eigenvalue weighted by atomic mass is 9.44. The third-order valence-electron chi connectivity index (χ3n) is 11.5. The van der Waals surface area contributed by atoms with Crippen LogP contribution >= 0.6 is 11.8 Å². The molecule has 0 bridgehead atoms. The Balaban J connectivity index is 1.41. The first-order chi connectivity index (χ1) is 20.2. The molecule has 9 heteroatoms. The summed E-state index contributed by atoms with van der Waals surface area (Å²) >= 11 is 0.874. The summed E-state index contributed by atoms with van der Waals surface area (Å²) < 4.78 is 39.7. The molecular weight excluding hydrogens is 574 g/mol. The molecule has 5 aliphatic rings. The topological polar surface area (TPSA) is 97.7 Å². The number of ketones is 2. The highest BCUT2D eigenvalue weighted by atomic mass is 32.2. The Hall–Kier alpha value is -2.65. The molecular formula is C34H38F2O6S. The second kappa shape index (κ2) is 10.2. The number of aliphatic hydroxyl groups is 1. The number of fused-ring (bicyclic) bond motifs is 6. The Morgan fingerprint density at radius 2 is 1.86 bits per heavy atom. The first kappa shape index (κ1) is 30.4. The van der Waals surface area contributed by atoms with Crippen LogP contribution in [0.4, 0.5) is 8.78 Å². The summed E-state index contributed by atoms with van der Waals surface area (Å²) in [5.41, 5.74) is -5.33. The molecule has 1 aromatic carbocycles. The Morgan fingerprint density at radius 1 is 1.14 bits per heavy atom. The summed E-state index contributed by atoms with van der Waals surface area (Å²) in [4.78, 5) is 53.2. The third kappa shape index (κ3) is 3.99. The number of esters is 1. The zero-order valence-electron chi connectivity index (χ0n) is 24.9. The fourth-order valence-electron chi connectivity index (χ4n) is 9.37. The second-order valence-corrected chi connectivity index (χ2v) is 14.7. The highest BCUT2D eigenvalue weighted by Gasteiger charge is 2.78. The van der Waals surface area contributed by atoms with E-state index in [1.54, 1.807) is 32.9 Å². The maximum atomic E-state index is 17.7. The van der Waals surface area contributed by atoms with Crippen molar-refractivity contribution in [2.24, 2.45) is 28.6 Å². The molecule has 0 aliphatic heterocycles. The van der Waals surface area contributed by atoms with Gasteiger partial charge >= 0.3 is 5.97 Å². The van der Waals surface area contributed by atoms with Gasteiger partial charge in [-0.1, -0.05) is 62.9 Å². The summed E-state index contributed by atoms with van der Waals surface area (Å²) in [6.45, 7) is 6.70. The van der Waals surface area contributed by atoms with E-state index in [4.69, 9.17) is 4.74 Å². The van der Waals surface area contributed by atoms with Crippen LogP contribution in [0.1, 0.15) is 75.7 Å². The first-order valence-corrected chi connectivity index (χ1v) is 16.1. The molecule has 5 aliphatic carbocycles. The number of hydrogen-bond acceptors (Lipinski definition) is 7. The molecule has 0 spiro atoms. The number of benzene rings is 1. The summed E-state index contributed by atoms with van der Waals surface area (Å²) in [6, 6.07) is 7.31. The lowest BCUT2D eigenvalue weighted by molar-refractivity contribution is -0.228. The van der Waals surface area contributed by atoms with Gasteiger partial charge in [-0.3, -0.25) is 19.2 Å². The van der Waals surface area contributed by atoms with Crippen molar-refractivity contribution in [3.8, 4) is 0 Å². The molecule has 3 fully saturated rings. The van der Waals surface area contributed by atoms with Crippen LogP contribution in [0.5, 0.6) is 0 Å². The van der Waals surface area contributed by atoms with Gasteiger partial charge in [-0.25, -0.2) is 8.78 Å². The Kier molecular flexibility index (Phi) is 7.20. The Morgan fingerprint density at radius 3 is 2.58 bits per heavy atom. The lowest BCUT2D eigenvalue weighted by Crippen LogP contribution is -2.70. The third-order valence-corrected chi connectivity index (χ3v) is 12.8. The van der Waals surface area contributed by atoms with Gasteiger partial charge in [0.05, 0.1) is 11.4 Å². The van der Waals surface area contributed by atoms with E-state index in [1.165, 1.54) is 19.1 Å². The number of carbonyl (C=O) groups excluding carboxylic acids is 4. The molecule has 3 saturated carbocycles. The molecule has 0 aromatic heterocycles. The van der Waals surface area contributed by atoms with Gasteiger partial charge in [-0.2, -0.15) is 0 Å². The minimum atomic E-state index is -2.31.